The minimum absolute atomic E-state index is 0.207. The molecule has 0 saturated carbocycles. The second-order valence-corrected chi connectivity index (χ2v) is 16.2. The first-order valence-corrected chi connectivity index (χ1v) is 21.3. The monoisotopic (exact) mass is 792 g/mol. The number of rotatable bonds is 7. The third-order valence-corrected chi connectivity index (χ3v) is 12.5. The van der Waals surface area contributed by atoms with Crippen LogP contribution in [0.5, 0.6) is 0 Å². The molecule has 3 heterocycles. The van der Waals surface area contributed by atoms with Gasteiger partial charge in [0.05, 0.1) is 33.3 Å². The van der Waals surface area contributed by atoms with E-state index in [1.807, 2.05) is 0 Å². The quantitative estimate of drug-likeness (QED) is 0.161. The topological polar surface area (TPSA) is 35.6 Å². The molecule has 4 nitrogen and oxygen atoms in total. The number of aromatic nitrogens is 4. The molecular formula is C58H40N4. The zero-order chi connectivity index (χ0) is 41.0. The van der Waals surface area contributed by atoms with E-state index in [4.69, 9.17) is 9.97 Å². The van der Waals surface area contributed by atoms with Gasteiger partial charge in [-0.05, 0) is 76.7 Å². The highest BCUT2D eigenvalue weighted by atomic mass is 15.2. The van der Waals surface area contributed by atoms with E-state index < -0.39 is 0 Å². The van der Waals surface area contributed by atoms with Gasteiger partial charge in [0.2, 0.25) is 5.95 Å². The van der Waals surface area contributed by atoms with Crippen molar-refractivity contribution in [3.8, 4) is 56.4 Å². The molecule has 62 heavy (non-hydrogen) atoms. The van der Waals surface area contributed by atoms with Crippen molar-refractivity contribution in [3.63, 3.8) is 0 Å². The molecule has 1 aliphatic carbocycles. The van der Waals surface area contributed by atoms with Crippen LogP contribution in [0.15, 0.2) is 212 Å². The fraction of sp³-hybridized carbons (Fsp3) is 0.0345. The molecular weight excluding hydrogens is 753 g/mol. The molecule has 0 N–H and O–H groups in total. The van der Waals surface area contributed by atoms with Crippen LogP contribution in [0.2, 0.25) is 0 Å². The van der Waals surface area contributed by atoms with Crippen molar-refractivity contribution >= 4 is 44.9 Å². The first kappa shape index (κ1) is 35.8. The smallest absolute Gasteiger partial charge is 0.235 e. The van der Waals surface area contributed by atoms with E-state index in [9.17, 15) is 0 Å². The molecule has 1 atom stereocenters. The van der Waals surface area contributed by atoms with Crippen LogP contribution >= 0.6 is 0 Å². The highest BCUT2D eigenvalue weighted by Crippen LogP contribution is 2.36. The van der Waals surface area contributed by atoms with Gasteiger partial charge in [-0.15, -0.1) is 0 Å². The zero-order valence-corrected chi connectivity index (χ0v) is 33.9. The number of para-hydroxylation sites is 3. The molecule has 4 heteroatoms. The van der Waals surface area contributed by atoms with Crippen molar-refractivity contribution in [1.82, 2.24) is 19.1 Å². The van der Waals surface area contributed by atoms with Crippen LogP contribution in [0, 0.1) is 0 Å². The zero-order valence-electron chi connectivity index (χ0n) is 33.9. The van der Waals surface area contributed by atoms with E-state index in [1.165, 1.54) is 65.9 Å². The molecule has 0 saturated heterocycles. The Morgan fingerprint density at radius 3 is 1.48 bits per heavy atom. The molecule has 12 rings (SSSR count). The molecule has 0 aliphatic heterocycles. The summed E-state index contributed by atoms with van der Waals surface area (Å²) in [6, 6.07) is 75.8. The number of nitrogens with zero attached hydrogens (tertiary/aromatic N) is 4. The lowest BCUT2D eigenvalue weighted by Gasteiger charge is -2.16. The molecule has 0 fully saturated rings. The van der Waals surface area contributed by atoms with Crippen LogP contribution in [0.3, 0.4) is 0 Å². The van der Waals surface area contributed by atoms with Gasteiger partial charge in [0.25, 0.3) is 0 Å². The molecule has 0 bridgehead atoms. The third kappa shape index (κ3) is 6.15. The summed E-state index contributed by atoms with van der Waals surface area (Å²) in [4.78, 5) is 10.8. The minimum Gasteiger partial charge on any atom is -0.309 e. The van der Waals surface area contributed by atoms with Gasteiger partial charge in [-0.3, -0.25) is 4.57 Å². The summed E-state index contributed by atoms with van der Waals surface area (Å²) in [6.07, 6.45) is 5.73. The first-order valence-electron chi connectivity index (χ1n) is 21.3. The van der Waals surface area contributed by atoms with Gasteiger partial charge in [-0.1, -0.05) is 182 Å². The van der Waals surface area contributed by atoms with Gasteiger partial charge in [0.1, 0.15) is 0 Å². The Balaban J connectivity index is 0.998. The largest absolute Gasteiger partial charge is 0.309 e. The molecule has 1 unspecified atom stereocenters. The summed E-state index contributed by atoms with van der Waals surface area (Å²) >= 11 is 0. The maximum absolute atomic E-state index is 5.38. The highest BCUT2D eigenvalue weighted by Gasteiger charge is 2.21. The summed E-state index contributed by atoms with van der Waals surface area (Å²) in [7, 11) is 0. The van der Waals surface area contributed by atoms with Crippen molar-refractivity contribution in [1.29, 1.82) is 0 Å². The SMILES string of the molecule is C1=c2c(n(-c3nc(-c4ccc(-c5ccccc5)cc4)cc(-c4ccc(-c5ccccc5)cc4)n3)c3ccccc23)=CCC1c1ccc2c(c1)c1ccccc1n2-c1ccccc1. The van der Waals surface area contributed by atoms with Crippen LogP contribution in [0.4, 0.5) is 0 Å². The molecule has 3 aromatic heterocycles. The van der Waals surface area contributed by atoms with E-state index in [-0.39, 0.29) is 5.92 Å². The molecule has 8 aromatic carbocycles. The second kappa shape index (κ2) is 14.9. The van der Waals surface area contributed by atoms with E-state index in [0.717, 1.165) is 39.8 Å². The number of benzene rings is 8. The molecule has 0 radical (unpaired) electrons. The van der Waals surface area contributed by atoms with Crippen LogP contribution in [-0.4, -0.2) is 19.1 Å². The lowest BCUT2D eigenvalue weighted by Crippen LogP contribution is -2.32. The van der Waals surface area contributed by atoms with E-state index in [2.05, 4.69) is 234 Å². The highest BCUT2D eigenvalue weighted by molar-refractivity contribution is 6.09. The van der Waals surface area contributed by atoms with Crippen LogP contribution < -0.4 is 10.6 Å². The van der Waals surface area contributed by atoms with E-state index in [0.29, 0.717) is 5.95 Å². The Morgan fingerprint density at radius 1 is 0.387 bits per heavy atom. The minimum atomic E-state index is 0.207. The number of hydrogen-bond acceptors (Lipinski definition) is 2. The average molecular weight is 793 g/mol. The Labute approximate surface area is 359 Å². The summed E-state index contributed by atoms with van der Waals surface area (Å²) in [5.41, 5.74) is 14.6. The van der Waals surface area contributed by atoms with Crippen molar-refractivity contribution < 1.29 is 0 Å². The summed E-state index contributed by atoms with van der Waals surface area (Å²) in [6.45, 7) is 0. The van der Waals surface area contributed by atoms with Gasteiger partial charge in [-0.25, -0.2) is 9.97 Å². The molecule has 0 amide bonds. The Morgan fingerprint density at radius 2 is 0.871 bits per heavy atom. The predicted molar refractivity (Wildman–Crippen MR) is 257 cm³/mol. The second-order valence-electron chi connectivity index (χ2n) is 16.2. The fourth-order valence-corrected chi connectivity index (χ4v) is 9.45. The van der Waals surface area contributed by atoms with Gasteiger partial charge >= 0.3 is 0 Å². The fourth-order valence-electron chi connectivity index (χ4n) is 9.45. The molecule has 292 valence electrons. The van der Waals surface area contributed by atoms with Gasteiger partial charge in [0, 0.05) is 44.1 Å². The summed E-state index contributed by atoms with van der Waals surface area (Å²) < 4.78 is 4.66. The normalized spacial score (nSPS) is 13.5. The Kier molecular flexibility index (Phi) is 8.60. The molecule has 1 aliphatic rings. The van der Waals surface area contributed by atoms with E-state index >= 15 is 0 Å². The standard InChI is InChI=1S/C58H40N4/c1-4-14-39(15-5-1)41-24-28-43(29-25-41)52-38-53(44-30-26-42(27-31-44)40-16-6-2-7-17-40)60-58(59-52)62-55-23-13-11-21-49(55)51-37-46(33-35-57(51)62)45-32-34-56-50(36-45)48-20-10-12-22-54(48)61(56)47-18-8-3-9-19-47/h1-32,34-38,46H,33H2. The van der Waals surface area contributed by atoms with Gasteiger partial charge in [0.15, 0.2) is 0 Å². The summed E-state index contributed by atoms with van der Waals surface area (Å²) in [5, 5.41) is 6.09. The van der Waals surface area contributed by atoms with Crippen LogP contribution in [-0.2, 0) is 0 Å². The Bertz CT molecular complexity index is 3470. The lowest BCUT2D eigenvalue weighted by atomic mass is 9.90. The van der Waals surface area contributed by atoms with Crippen molar-refractivity contribution in [2.45, 2.75) is 12.3 Å². The number of hydrogen-bond donors (Lipinski definition) is 0. The van der Waals surface area contributed by atoms with Gasteiger partial charge in [-0.2, -0.15) is 0 Å². The predicted octanol–water partition coefficient (Wildman–Crippen LogP) is 12.9. The molecule has 0 spiro atoms. The average Bonchev–Trinajstić information content (AvgIpc) is 3.87. The van der Waals surface area contributed by atoms with E-state index in [1.54, 1.807) is 0 Å². The number of fused-ring (bicyclic) bond motifs is 6. The van der Waals surface area contributed by atoms with Gasteiger partial charge < -0.3 is 4.57 Å². The molecule has 11 aromatic rings. The maximum atomic E-state index is 5.38. The van der Waals surface area contributed by atoms with Crippen LogP contribution in [0.1, 0.15) is 17.9 Å². The lowest BCUT2D eigenvalue weighted by molar-refractivity contribution is 0.888. The van der Waals surface area contributed by atoms with Crippen molar-refractivity contribution in [3.05, 3.63) is 228 Å². The Hall–Kier alpha value is -8.08. The maximum Gasteiger partial charge on any atom is 0.235 e. The third-order valence-electron chi connectivity index (χ3n) is 12.5. The summed E-state index contributed by atoms with van der Waals surface area (Å²) in [5.74, 6) is 0.867. The first-order chi connectivity index (χ1) is 30.7. The van der Waals surface area contributed by atoms with Crippen molar-refractivity contribution in [2.24, 2.45) is 0 Å². The van der Waals surface area contributed by atoms with Crippen molar-refractivity contribution in [2.75, 3.05) is 0 Å². The van der Waals surface area contributed by atoms with Crippen LogP contribution in [0.25, 0.3) is 101 Å².